The molecular formula is C22H18FN3O2. The van der Waals surface area contributed by atoms with Gasteiger partial charge in [-0.1, -0.05) is 48.5 Å². The van der Waals surface area contributed by atoms with E-state index in [1.54, 1.807) is 25.3 Å². The molecule has 4 rings (SSSR count). The van der Waals surface area contributed by atoms with Gasteiger partial charge in [-0.05, 0) is 30.3 Å². The monoisotopic (exact) mass is 375 g/mol. The Labute approximate surface area is 161 Å². The zero-order chi connectivity index (χ0) is 19.3. The molecular weight excluding hydrogens is 357 g/mol. The van der Waals surface area contributed by atoms with E-state index in [9.17, 15) is 4.39 Å². The first-order chi connectivity index (χ1) is 13.8. The zero-order valence-corrected chi connectivity index (χ0v) is 15.2. The number of para-hydroxylation sites is 2. The van der Waals surface area contributed by atoms with Crippen LogP contribution in [0.2, 0.25) is 0 Å². The molecule has 0 amide bonds. The number of halogens is 1. The lowest BCUT2D eigenvalue weighted by atomic mass is 10.1. The number of hydrogen-bond donors (Lipinski definition) is 1. The van der Waals surface area contributed by atoms with Crippen LogP contribution in [-0.2, 0) is 0 Å². The van der Waals surface area contributed by atoms with Crippen molar-refractivity contribution >= 4 is 5.69 Å². The van der Waals surface area contributed by atoms with Crippen molar-refractivity contribution in [2.45, 2.75) is 6.04 Å². The van der Waals surface area contributed by atoms with E-state index in [1.807, 2.05) is 54.6 Å². The van der Waals surface area contributed by atoms with Gasteiger partial charge in [0, 0.05) is 11.1 Å². The van der Waals surface area contributed by atoms with Gasteiger partial charge in [0.25, 0.3) is 0 Å². The summed E-state index contributed by atoms with van der Waals surface area (Å²) in [4.78, 5) is 0. The van der Waals surface area contributed by atoms with E-state index in [0.29, 0.717) is 22.9 Å². The van der Waals surface area contributed by atoms with Crippen LogP contribution >= 0.6 is 0 Å². The highest BCUT2D eigenvalue weighted by Crippen LogP contribution is 2.33. The first-order valence-corrected chi connectivity index (χ1v) is 8.79. The summed E-state index contributed by atoms with van der Waals surface area (Å²) in [6.07, 6.45) is 0. The Balaban J connectivity index is 1.76. The first-order valence-electron chi connectivity index (χ1n) is 8.79. The second-order valence-electron chi connectivity index (χ2n) is 6.11. The number of nitrogens with one attached hydrogen (secondary N) is 1. The summed E-state index contributed by atoms with van der Waals surface area (Å²) in [5, 5.41) is 11.6. The standard InChI is InChI=1S/C22H18FN3O2/c1-27-19-14-8-7-13-18(19)24-20(16-11-5-6-12-17(16)23)22-26-25-21(28-22)15-9-3-2-4-10-15/h2-14,20,24H,1H3. The van der Waals surface area contributed by atoms with Gasteiger partial charge >= 0.3 is 0 Å². The number of rotatable bonds is 6. The van der Waals surface area contributed by atoms with Crippen LogP contribution in [0.1, 0.15) is 17.5 Å². The van der Waals surface area contributed by atoms with E-state index >= 15 is 0 Å². The lowest BCUT2D eigenvalue weighted by molar-refractivity contribution is 0.415. The van der Waals surface area contributed by atoms with Crippen molar-refractivity contribution in [2.24, 2.45) is 0 Å². The largest absolute Gasteiger partial charge is 0.495 e. The second kappa shape index (κ2) is 7.92. The lowest BCUT2D eigenvalue weighted by Crippen LogP contribution is -2.15. The second-order valence-corrected chi connectivity index (χ2v) is 6.11. The highest BCUT2D eigenvalue weighted by atomic mass is 19.1. The number of methoxy groups -OCH3 is 1. The minimum Gasteiger partial charge on any atom is -0.495 e. The van der Waals surface area contributed by atoms with Gasteiger partial charge in [-0.15, -0.1) is 10.2 Å². The molecule has 1 N–H and O–H groups in total. The number of aromatic nitrogens is 2. The molecule has 1 unspecified atom stereocenters. The molecule has 0 radical (unpaired) electrons. The maximum absolute atomic E-state index is 14.6. The van der Waals surface area contributed by atoms with E-state index in [4.69, 9.17) is 9.15 Å². The van der Waals surface area contributed by atoms with Crippen LogP contribution in [0.5, 0.6) is 5.75 Å². The van der Waals surface area contributed by atoms with Gasteiger partial charge in [-0.2, -0.15) is 0 Å². The summed E-state index contributed by atoms with van der Waals surface area (Å²) >= 11 is 0. The Kier molecular flexibility index (Phi) is 5.01. The third-order valence-corrected chi connectivity index (χ3v) is 4.33. The Morgan fingerprint density at radius 1 is 0.893 bits per heavy atom. The van der Waals surface area contributed by atoms with E-state index in [2.05, 4.69) is 15.5 Å². The number of nitrogens with zero attached hydrogens (tertiary/aromatic N) is 2. The van der Waals surface area contributed by atoms with Crippen LogP contribution < -0.4 is 10.1 Å². The van der Waals surface area contributed by atoms with Crippen LogP contribution in [0, 0.1) is 5.82 Å². The molecule has 3 aromatic carbocycles. The summed E-state index contributed by atoms with van der Waals surface area (Å²) in [7, 11) is 1.58. The van der Waals surface area contributed by atoms with Gasteiger partial charge in [-0.3, -0.25) is 0 Å². The molecule has 0 aliphatic carbocycles. The molecule has 0 aliphatic heterocycles. The van der Waals surface area contributed by atoms with Gasteiger partial charge < -0.3 is 14.5 Å². The summed E-state index contributed by atoms with van der Waals surface area (Å²) in [5.41, 5.74) is 1.89. The number of anilines is 1. The molecule has 6 heteroatoms. The van der Waals surface area contributed by atoms with Crippen LogP contribution in [0.15, 0.2) is 83.3 Å². The van der Waals surface area contributed by atoms with Crippen molar-refractivity contribution in [1.82, 2.24) is 10.2 Å². The first kappa shape index (κ1) is 17.7. The highest BCUT2D eigenvalue weighted by Gasteiger charge is 2.25. The third kappa shape index (κ3) is 3.57. The van der Waals surface area contributed by atoms with Crippen LogP contribution in [-0.4, -0.2) is 17.3 Å². The Bertz CT molecular complexity index is 1070. The average Bonchev–Trinajstić information content (AvgIpc) is 3.23. The quantitative estimate of drug-likeness (QED) is 0.509. The SMILES string of the molecule is COc1ccccc1NC(c1nnc(-c2ccccc2)o1)c1ccccc1F. The molecule has 0 spiro atoms. The fraction of sp³-hybridized carbons (Fsp3) is 0.0909. The van der Waals surface area contributed by atoms with Crippen LogP contribution in [0.25, 0.3) is 11.5 Å². The highest BCUT2D eigenvalue weighted by molar-refractivity contribution is 5.58. The lowest BCUT2D eigenvalue weighted by Gasteiger charge is -2.19. The fourth-order valence-electron chi connectivity index (χ4n) is 2.95. The van der Waals surface area contributed by atoms with Gasteiger partial charge in [0.05, 0.1) is 12.8 Å². The maximum atomic E-state index is 14.6. The predicted octanol–water partition coefficient (Wildman–Crippen LogP) is 5.09. The molecule has 0 saturated heterocycles. The van der Waals surface area contributed by atoms with Crippen molar-refractivity contribution in [3.05, 3.63) is 96.1 Å². The van der Waals surface area contributed by atoms with Crippen molar-refractivity contribution in [3.63, 3.8) is 0 Å². The molecule has 140 valence electrons. The van der Waals surface area contributed by atoms with E-state index in [1.165, 1.54) is 6.07 Å². The number of benzene rings is 3. The van der Waals surface area contributed by atoms with Crippen molar-refractivity contribution in [2.75, 3.05) is 12.4 Å². The van der Waals surface area contributed by atoms with Gasteiger partial charge in [0.2, 0.25) is 11.8 Å². The van der Waals surface area contributed by atoms with Crippen molar-refractivity contribution < 1.29 is 13.5 Å². The Morgan fingerprint density at radius 2 is 1.61 bits per heavy atom. The molecule has 28 heavy (non-hydrogen) atoms. The van der Waals surface area contributed by atoms with E-state index < -0.39 is 6.04 Å². The smallest absolute Gasteiger partial charge is 0.247 e. The summed E-state index contributed by atoms with van der Waals surface area (Å²) < 4.78 is 25.9. The topological polar surface area (TPSA) is 60.2 Å². The van der Waals surface area contributed by atoms with Crippen LogP contribution in [0.3, 0.4) is 0 Å². The maximum Gasteiger partial charge on any atom is 0.247 e. The molecule has 0 bridgehead atoms. The van der Waals surface area contributed by atoms with Crippen LogP contribution in [0.4, 0.5) is 10.1 Å². The fourth-order valence-corrected chi connectivity index (χ4v) is 2.95. The normalized spacial score (nSPS) is 11.8. The minimum absolute atomic E-state index is 0.259. The van der Waals surface area contributed by atoms with Crippen molar-refractivity contribution in [3.8, 4) is 17.2 Å². The molecule has 0 saturated carbocycles. The van der Waals surface area contributed by atoms with E-state index in [-0.39, 0.29) is 11.7 Å². The summed E-state index contributed by atoms with van der Waals surface area (Å²) in [5.74, 6) is 0.898. The number of hydrogen-bond acceptors (Lipinski definition) is 5. The predicted molar refractivity (Wildman–Crippen MR) is 105 cm³/mol. The zero-order valence-electron chi connectivity index (χ0n) is 15.2. The summed E-state index contributed by atoms with van der Waals surface area (Å²) in [6, 6.07) is 22.7. The summed E-state index contributed by atoms with van der Waals surface area (Å²) in [6.45, 7) is 0. The molecule has 0 aliphatic rings. The van der Waals surface area contributed by atoms with Gasteiger partial charge in [-0.25, -0.2) is 4.39 Å². The average molecular weight is 375 g/mol. The Morgan fingerprint density at radius 3 is 2.39 bits per heavy atom. The van der Waals surface area contributed by atoms with Crippen molar-refractivity contribution in [1.29, 1.82) is 0 Å². The Hall–Kier alpha value is -3.67. The van der Waals surface area contributed by atoms with Gasteiger partial charge in [0.15, 0.2) is 0 Å². The molecule has 4 aromatic rings. The van der Waals surface area contributed by atoms with Gasteiger partial charge in [0.1, 0.15) is 17.6 Å². The molecule has 5 nitrogen and oxygen atoms in total. The molecule has 1 aromatic heterocycles. The third-order valence-electron chi connectivity index (χ3n) is 4.33. The molecule has 1 heterocycles. The number of ether oxygens (including phenoxy) is 1. The molecule has 1 atom stereocenters. The van der Waals surface area contributed by atoms with E-state index in [0.717, 1.165) is 5.56 Å². The minimum atomic E-state index is -0.678. The molecule has 0 fully saturated rings.